The van der Waals surface area contributed by atoms with Gasteiger partial charge in [-0.3, -0.25) is 4.79 Å². The summed E-state index contributed by atoms with van der Waals surface area (Å²) in [7, 11) is 0. The molecular formula is C15H18N2OS. The van der Waals surface area contributed by atoms with Gasteiger partial charge in [0.25, 0.3) is 0 Å². The lowest BCUT2D eigenvalue weighted by Gasteiger charge is -2.12. The number of carbonyl (C=O) groups is 1. The molecule has 2 rings (SSSR count). The Morgan fingerprint density at radius 3 is 2.53 bits per heavy atom. The van der Waals surface area contributed by atoms with Crippen LogP contribution in [0.4, 0.5) is 5.69 Å². The third kappa shape index (κ3) is 3.83. The smallest absolute Gasteiger partial charge is 0.239 e. The molecule has 0 atom stereocenters. The molecule has 2 aromatic rings. The maximum Gasteiger partial charge on any atom is 0.239 e. The van der Waals surface area contributed by atoms with E-state index in [2.05, 4.69) is 10.6 Å². The second-order valence-electron chi connectivity index (χ2n) is 4.48. The Bertz CT molecular complexity index is 529. The molecule has 0 fully saturated rings. The maximum atomic E-state index is 11.8. The van der Waals surface area contributed by atoms with Gasteiger partial charge in [0.15, 0.2) is 0 Å². The number of nitrogens with one attached hydrogen (secondary N) is 2. The third-order valence-electron chi connectivity index (χ3n) is 2.95. The maximum absolute atomic E-state index is 11.8. The van der Waals surface area contributed by atoms with Crippen LogP contribution in [0.3, 0.4) is 0 Å². The van der Waals surface area contributed by atoms with Gasteiger partial charge in [0.1, 0.15) is 0 Å². The molecule has 0 aliphatic carbocycles. The average Bonchev–Trinajstić information content (AvgIpc) is 2.89. The van der Waals surface area contributed by atoms with Crippen LogP contribution in [0.15, 0.2) is 35.7 Å². The molecule has 0 saturated carbocycles. The monoisotopic (exact) mass is 274 g/mol. The molecule has 19 heavy (non-hydrogen) atoms. The average molecular weight is 274 g/mol. The largest absolute Gasteiger partial charge is 0.376 e. The number of carbonyl (C=O) groups excluding carboxylic acids is 1. The highest BCUT2D eigenvalue weighted by Gasteiger charge is 2.05. The van der Waals surface area contributed by atoms with E-state index in [-0.39, 0.29) is 5.91 Å². The summed E-state index contributed by atoms with van der Waals surface area (Å²) in [5.41, 5.74) is 3.37. The van der Waals surface area contributed by atoms with Crippen molar-refractivity contribution in [3.8, 4) is 0 Å². The van der Waals surface area contributed by atoms with E-state index < -0.39 is 0 Å². The van der Waals surface area contributed by atoms with E-state index in [1.54, 1.807) is 11.3 Å². The summed E-state index contributed by atoms with van der Waals surface area (Å²) in [5.74, 6) is 0.0102. The van der Waals surface area contributed by atoms with Crippen LogP contribution in [-0.2, 0) is 11.3 Å². The highest BCUT2D eigenvalue weighted by atomic mass is 32.1. The van der Waals surface area contributed by atoms with Crippen molar-refractivity contribution in [1.29, 1.82) is 0 Å². The Kier molecular flexibility index (Phi) is 4.58. The van der Waals surface area contributed by atoms with E-state index in [0.29, 0.717) is 13.1 Å². The number of thiophene rings is 1. The van der Waals surface area contributed by atoms with Crippen molar-refractivity contribution in [2.24, 2.45) is 0 Å². The number of para-hydroxylation sites is 1. The summed E-state index contributed by atoms with van der Waals surface area (Å²) in [6.07, 6.45) is 0. The van der Waals surface area contributed by atoms with E-state index in [9.17, 15) is 4.79 Å². The number of rotatable bonds is 5. The first-order chi connectivity index (χ1) is 9.16. The molecule has 0 aliphatic heterocycles. The Hall–Kier alpha value is -1.81. The van der Waals surface area contributed by atoms with Crippen molar-refractivity contribution in [1.82, 2.24) is 5.32 Å². The predicted octanol–water partition coefficient (Wildman–Crippen LogP) is 3.09. The highest BCUT2D eigenvalue weighted by molar-refractivity contribution is 7.09. The second-order valence-corrected chi connectivity index (χ2v) is 5.51. The molecule has 3 nitrogen and oxygen atoms in total. The molecule has 0 aliphatic rings. The first kappa shape index (κ1) is 13.6. The van der Waals surface area contributed by atoms with Crippen LogP contribution >= 0.6 is 11.3 Å². The lowest BCUT2D eigenvalue weighted by Crippen LogP contribution is -2.29. The van der Waals surface area contributed by atoms with Gasteiger partial charge in [-0.15, -0.1) is 11.3 Å². The zero-order valence-corrected chi connectivity index (χ0v) is 12.0. The van der Waals surface area contributed by atoms with Crippen LogP contribution in [0, 0.1) is 13.8 Å². The first-order valence-corrected chi connectivity index (χ1v) is 7.14. The van der Waals surface area contributed by atoms with Gasteiger partial charge in [-0.25, -0.2) is 0 Å². The summed E-state index contributed by atoms with van der Waals surface area (Å²) in [6, 6.07) is 10.1. The SMILES string of the molecule is Cc1cccc(C)c1NCC(=O)NCc1cccs1. The van der Waals surface area contributed by atoms with Gasteiger partial charge >= 0.3 is 0 Å². The van der Waals surface area contributed by atoms with Crippen molar-refractivity contribution in [3.05, 3.63) is 51.7 Å². The lowest BCUT2D eigenvalue weighted by molar-refractivity contribution is -0.119. The molecular weight excluding hydrogens is 256 g/mol. The zero-order valence-electron chi connectivity index (χ0n) is 11.2. The van der Waals surface area contributed by atoms with E-state index >= 15 is 0 Å². The molecule has 100 valence electrons. The van der Waals surface area contributed by atoms with Crippen molar-refractivity contribution >= 4 is 22.9 Å². The van der Waals surface area contributed by atoms with Crippen LogP contribution in [0.2, 0.25) is 0 Å². The quantitative estimate of drug-likeness (QED) is 0.879. The van der Waals surface area contributed by atoms with Crippen LogP contribution in [0.5, 0.6) is 0 Å². The van der Waals surface area contributed by atoms with Gasteiger partial charge < -0.3 is 10.6 Å². The van der Waals surface area contributed by atoms with Gasteiger partial charge in [-0.1, -0.05) is 24.3 Å². The van der Waals surface area contributed by atoms with E-state index in [4.69, 9.17) is 0 Å². The minimum Gasteiger partial charge on any atom is -0.376 e. The number of benzene rings is 1. The predicted molar refractivity (Wildman–Crippen MR) is 80.6 cm³/mol. The topological polar surface area (TPSA) is 41.1 Å². The lowest BCUT2D eigenvalue weighted by atomic mass is 10.1. The van der Waals surface area contributed by atoms with Gasteiger partial charge in [0, 0.05) is 10.6 Å². The zero-order chi connectivity index (χ0) is 13.7. The van der Waals surface area contributed by atoms with Crippen LogP contribution in [0.25, 0.3) is 0 Å². The van der Waals surface area contributed by atoms with Crippen molar-refractivity contribution in [3.63, 3.8) is 0 Å². The molecule has 0 saturated heterocycles. The fourth-order valence-electron chi connectivity index (χ4n) is 1.92. The second kappa shape index (κ2) is 6.38. The number of amides is 1. The van der Waals surface area contributed by atoms with Crippen molar-refractivity contribution in [2.45, 2.75) is 20.4 Å². The summed E-state index contributed by atoms with van der Waals surface area (Å²) < 4.78 is 0. The van der Waals surface area contributed by atoms with Crippen LogP contribution in [-0.4, -0.2) is 12.5 Å². The molecule has 4 heteroatoms. The van der Waals surface area contributed by atoms with Gasteiger partial charge in [-0.2, -0.15) is 0 Å². The summed E-state index contributed by atoms with van der Waals surface area (Å²) in [4.78, 5) is 12.9. The fourth-order valence-corrected chi connectivity index (χ4v) is 2.57. The molecule has 0 spiro atoms. The van der Waals surface area contributed by atoms with E-state index in [1.807, 2.05) is 49.6 Å². The Labute approximate surface area is 117 Å². The van der Waals surface area contributed by atoms with Crippen LogP contribution < -0.4 is 10.6 Å². The fraction of sp³-hybridized carbons (Fsp3) is 0.267. The Balaban J connectivity index is 1.83. The normalized spacial score (nSPS) is 10.2. The standard InChI is InChI=1S/C15H18N2OS/c1-11-5-3-6-12(2)15(11)17-10-14(18)16-9-13-7-4-8-19-13/h3-8,17H,9-10H2,1-2H3,(H,16,18). The minimum atomic E-state index is 0.0102. The molecule has 2 N–H and O–H groups in total. The minimum absolute atomic E-state index is 0.0102. The molecule has 1 aromatic carbocycles. The van der Waals surface area contributed by atoms with Crippen molar-refractivity contribution < 1.29 is 4.79 Å². The highest BCUT2D eigenvalue weighted by Crippen LogP contribution is 2.18. The number of anilines is 1. The van der Waals surface area contributed by atoms with Crippen molar-refractivity contribution in [2.75, 3.05) is 11.9 Å². The van der Waals surface area contributed by atoms with Gasteiger partial charge in [0.2, 0.25) is 5.91 Å². The number of hydrogen-bond acceptors (Lipinski definition) is 3. The van der Waals surface area contributed by atoms with Crippen LogP contribution in [0.1, 0.15) is 16.0 Å². The third-order valence-corrected chi connectivity index (χ3v) is 3.82. The Morgan fingerprint density at radius 1 is 1.16 bits per heavy atom. The number of hydrogen-bond donors (Lipinski definition) is 2. The van der Waals surface area contributed by atoms with Gasteiger partial charge in [-0.05, 0) is 36.4 Å². The summed E-state index contributed by atoms with van der Waals surface area (Å²) in [6.45, 7) is 4.99. The van der Waals surface area contributed by atoms with E-state index in [0.717, 1.165) is 16.8 Å². The Morgan fingerprint density at radius 2 is 1.89 bits per heavy atom. The van der Waals surface area contributed by atoms with E-state index in [1.165, 1.54) is 4.88 Å². The molecule has 1 aromatic heterocycles. The first-order valence-electron chi connectivity index (χ1n) is 6.26. The molecule has 1 heterocycles. The summed E-state index contributed by atoms with van der Waals surface area (Å²) in [5, 5.41) is 8.12. The molecule has 1 amide bonds. The van der Waals surface area contributed by atoms with Gasteiger partial charge in [0.05, 0.1) is 13.1 Å². The molecule has 0 bridgehead atoms. The molecule has 0 unspecified atom stereocenters. The summed E-state index contributed by atoms with van der Waals surface area (Å²) >= 11 is 1.65. The number of aryl methyl sites for hydroxylation is 2. The molecule has 0 radical (unpaired) electrons.